The molecule has 0 aromatic heterocycles. The number of phenols is 2. The zero-order valence-corrected chi connectivity index (χ0v) is 55.4. The maximum absolute atomic E-state index is 13.3. The number of phenolic OH excluding ortho intramolecular Hbond substituents is 2. The minimum atomic E-state index is -1.21. The lowest BCUT2D eigenvalue weighted by molar-refractivity contribution is -0.159. The molecule has 23 heteroatoms. The van der Waals surface area contributed by atoms with Crippen molar-refractivity contribution in [1.82, 2.24) is 31.1 Å². The van der Waals surface area contributed by atoms with Gasteiger partial charge in [0.25, 0.3) is 0 Å². The predicted molar refractivity (Wildman–Crippen MR) is 331 cm³/mol. The van der Waals surface area contributed by atoms with Crippen molar-refractivity contribution in [2.24, 2.45) is 0 Å². The molecule has 6 N–H and O–H groups in total. The second-order valence-corrected chi connectivity index (χ2v) is 27.0. The van der Waals surface area contributed by atoms with Gasteiger partial charge in [-0.05, 0) is 178 Å². The van der Waals surface area contributed by atoms with Gasteiger partial charge in [-0.3, -0.25) is 38.6 Å². The number of nitrogens with one attached hydrogen (secondary N) is 4. The van der Waals surface area contributed by atoms with E-state index in [9.17, 15) is 53.4 Å². The summed E-state index contributed by atoms with van der Waals surface area (Å²) in [6.07, 6.45) is 4.05. The summed E-state index contributed by atoms with van der Waals surface area (Å²) in [5.74, 6) is -3.70. The Morgan fingerprint density at radius 2 is 0.852 bits per heavy atom. The topological polar surface area (TPSA) is 304 Å². The highest BCUT2D eigenvalue weighted by Gasteiger charge is 2.31. The van der Waals surface area contributed by atoms with E-state index in [1.807, 2.05) is 0 Å². The van der Waals surface area contributed by atoms with E-state index in [1.165, 1.54) is 7.11 Å². The average Bonchev–Trinajstić information content (AvgIpc) is 2.89. The fourth-order valence-electron chi connectivity index (χ4n) is 8.76. The smallest absolute Gasteiger partial charge is 0.329 e. The molecule has 0 aliphatic carbocycles. The van der Waals surface area contributed by atoms with Crippen LogP contribution in [0.15, 0.2) is 36.4 Å². The van der Waals surface area contributed by atoms with E-state index < -0.39 is 76.0 Å². The minimum Gasteiger partial charge on any atom is -0.508 e. The highest BCUT2D eigenvalue weighted by molar-refractivity contribution is 5.87. The number of esters is 6. The molecular weight excluding hydrogens is 1140 g/mol. The molecule has 0 aliphatic heterocycles. The number of amides is 4. The summed E-state index contributed by atoms with van der Waals surface area (Å²) in [5, 5.41) is 33.0. The van der Waals surface area contributed by atoms with Crippen LogP contribution in [0.3, 0.4) is 0 Å². The van der Waals surface area contributed by atoms with Crippen LogP contribution in [0, 0.1) is 0 Å². The minimum absolute atomic E-state index is 0.000286. The lowest BCUT2D eigenvalue weighted by Crippen LogP contribution is -2.52. The number of carbonyl (C=O) groups excluding carboxylic acids is 9. The quantitative estimate of drug-likeness (QED) is 0.0217. The number of ether oxygens (including phenoxy) is 6. The monoisotopic (exact) mass is 1240 g/mol. The fraction of sp³-hybridized carbons (Fsp3) is 0.677. The lowest BCUT2D eigenvalue weighted by atomic mass is 10.0. The van der Waals surface area contributed by atoms with Gasteiger partial charge in [-0.1, -0.05) is 30.7 Å². The van der Waals surface area contributed by atoms with Crippen molar-refractivity contribution in [3.8, 4) is 11.5 Å². The van der Waals surface area contributed by atoms with E-state index in [0.717, 1.165) is 11.1 Å². The Kier molecular flexibility index (Phi) is 31.9. The Bertz CT molecular complexity index is 2610. The molecular formula is C65H104N6O17. The highest BCUT2D eigenvalue weighted by Crippen LogP contribution is 2.25. The van der Waals surface area contributed by atoms with Gasteiger partial charge in [0.1, 0.15) is 51.6 Å². The molecule has 0 radical (unpaired) electrons. The van der Waals surface area contributed by atoms with Gasteiger partial charge in [0.15, 0.2) is 0 Å². The Balaban J connectivity index is 1.96. The van der Waals surface area contributed by atoms with Gasteiger partial charge in [-0.2, -0.15) is 0 Å². The van der Waals surface area contributed by atoms with Crippen molar-refractivity contribution in [1.29, 1.82) is 0 Å². The normalized spacial score (nSPS) is 12.8. The van der Waals surface area contributed by atoms with Crippen LogP contribution in [0.1, 0.15) is 197 Å². The standard InChI is InChI=1S/C65H104N6O17/c1-61(2,3)84-54(76)32-27-45-25-30-51(73)47(39-45)41-71(43-57(79)87-64(10,11)12)37-36-70(42-56(78)86-63(7,8)9)40-46-38-44(24-29-50(46)72)26-31-53(75)67-34-20-17-18-23-52(74)66-35-21-19-22-48(58(80)83-16)68-60(82)69-49(59(81)88-65(13,14)15)28-33-55(77)85-62(4,5)6/h24-25,29-30,38-39,48-49,72-73H,17-23,26-28,31-37,40-43H2,1-16H3,(H,66,74)(H,67,75)(H2,68,69,82)/t48?,49-/m0/s1. The van der Waals surface area contributed by atoms with Crippen molar-refractivity contribution in [3.63, 3.8) is 0 Å². The zero-order chi connectivity index (χ0) is 66.6. The number of hydrogen-bond acceptors (Lipinski definition) is 19. The van der Waals surface area contributed by atoms with Crippen LogP contribution in [0.2, 0.25) is 0 Å². The van der Waals surface area contributed by atoms with Crippen LogP contribution >= 0.6 is 0 Å². The van der Waals surface area contributed by atoms with Crippen molar-refractivity contribution in [2.75, 3.05) is 46.4 Å². The van der Waals surface area contributed by atoms with E-state index in [1.54, 1.807) is 150 Å². The van der Waals surface area contributed by atoms with Crippen molar-refractivity contribution in [3.05, 3.63) is 58.7 Å². The third-order valence-corrected chi connectivity index (χ3v) is 12.5. The molecule has 0 fully saturated rings. The molecule has 0 saturated heterocycles. The Morgan fingerprint density at radius 3 is 1.30 bits per heavy atom. The highest BCUT2D eigenvalue weighted by atomic mass is 16.6. The number of unbranched alkanes of at least 4 members (excludes halogenated alkanes) is 3. The summed E-state index contributed by atoms with van der Waals surface area (Å²) in [7, 11) is 1.19. The second kappa shape index (κ2) is 36.5. The average molecular weight is 1240 g/mol. The Morgan fingerprint density at radius 1 is 0.455 bits per heavy atom. The van der Waals surface area contributed by atoms with E-state index in [-0.39, 0.29) is 107 Å². The van der Waals surface area contributed by atoms with E-state index in [2.05, 4.69) is 21.3 Å². The number of nitrogens with zero attached hydrogens (tertiary/aromatic N) is 2. The summed E-state index contributed by atoms with van der Waals surface area (Å²) in [6, 6.07) is 7.03. The van der Waals surface area contributed by atoms with Crippen LogP contribution in [0.4, 0.5) is 4.79 Å². The molecule has 88 heavy (non-hydrogen) atoms. The van der Waals surface area contributed by atoms with Gasteiger partial charge in [-0.15, -0.1) is 0 Å². The number of aryl methyl sites for hydroxylation is 2. The molecule has 0 aliphatic rings. The van der Waals surface area contributed by atoms with Crippen LogP contribution in [0.5, 0.6) is 11.5 Å². The number of hydrogen-bond donors (Lipinski definition) is 6. The molecule has 496 valence electrons. The molecule has 2 atom stereocenters. The molecule has 0 saturated carbocycles. The van der Waals surface area contributed by atoms with Crippen molar-refractivity contribution >= 4 is 53.7 Å². The number of benzene rings is 2. The second-order valence-electron chi connectivity index (χ2n) is 27.0. The first-order chi connectivity index (χ1) is 40.7. The summed E-state index contributed by atoms with van der Waals surface area (Å²) in [4.78, 5) is 119. The van der Waals surface area contributed by atoms with Crippen LogP contribution in [-0.4, -0.2) is 160 Å². The van der Waals surface area contributed by atoms with E-state index in [4.69, 9.17) is 28.4 Å². The largest absolute Gasteiger partial charge is 0.508 e. The maximum Gasteiger partial charge on any atom is 0.329 e. The first-order valence-corrected chi connectivity index (χ1v) is 30.5. The molecule has 1 unspecified atom stereocenters. The molecule has 4 amide bonds. The van der Waals surface area contributed by atoms with Gasteiger partial charge in [0, 0.05) is 76.1 Å². The van der Waals surface area contributed by atoms with Crippen LogP contribution in [0.25, 0.3) is 0 Å². The SMILES string of the molecule is COC(=O)C(CCCCNC(=O)CCCCCNC(=O)CCc1ccc(O)c(CN(CCN(CC(=O)OC(C)(C)C)Cc2cc(CCC(=O)OC(C)(C)C)ccc2O)CC(=O)OC(C)(C)C)c1)NC(=O)N[C@@H](CCC(=O)OC(C)(C)C)C(=O)OC(C)(C)C. The molecule has 23 nitrogen and oxygen atoms in total. The third kappa shape index (κ3) is 36.3. The number of methoxy groups -OCH3 is 1. The Hall–Kier alpha value is -7.01. The summed E-state index contributed by atoms with van der Waals surface area (Å²) < 4.78 is 32.5. The van der Waals surface area contributed by atoms with Gasteiger partial charge in [-0.25, -0.2) is 14.4 Å². The maximum atomic E-state index is 13.3. The van der Waals surface area contributed by atoms with Crippen molar-refractivity contribution in [2.45, 2.75) is 241 Å². The van der Waals surface area contributed by atoms with Crippen molar-refractivity contribution < 1.29 is 81.8 Å². The first-order valence-electron chi connectivity index (χ1n) is 30.5. The van der Waals surface area contributed by atoms with Gasteiger partial charge in [0.05, 0.1) is 20.2 Å². The molecule has 2 aromatic carbocycles. The molecule has 2 aromatic rings. The number of rotatable bonds is 35. The zero-order valence-electron chi connectivity index (χ0n) is 55.4. The van der Waals surface area contributed by atoms with E-state index >= 15 is 0 Å². The van der Waals surface area contributed by atoms with Crippen LogP contribution in [-0.2, 0) is 92.7 Å². The molecule has 0 spiro atoms. The Labute approximate surface area is 521 Å². The van der Waals surface area contributed by atoms with Gasteiger partial charge < -0.3 is 59.9 Å². The van der Waals surface area contributed by atoms with Gasteiger partial charge in [0.2, 0.25) is 11.8 Å². The molecule has 0 heterocycles. The summed E-state index contributed by atoms with van der Waals surface area (Å²) in [6.45, 7) is 27.2. The van der Waals surface area contributed by atoms with E-state index in [0.29, 0.717) is 69.2 Å². The summed E-state index contributed by atoms with van der Waals surface area (Å²) in [5.41, 5.74) is -1.20. The number of carbonyl (C=O) groups is 9. The first kappa shape index (κ1) is 77.1. The molecule has 2 rings (SSSR count). The predicted octanol–water partition coefficient (Wildman–Crippen LogP) is 7.93. The van der Waals surface area contributed by atoms with Gasteiger partial charge >= 0.3 is 41.8 Å². The number of aromatic hydroxyl groups is 2. The van der Waals surface area contributed by atoms with Crippen LogP contribution < -0.4 is 21.3 Å². The lowest BCUT2D eigenvalue weighted by Gasteiger charge is -2.29. The number of urea groups is 1. The third-order valence-electron chi connectivity index (χ3n) is 12.5. The summed E-state index contributed by atoms with van der Waals surface area (Å²) >= 11 is 0. The fourth-order valence-corrected chi connectivity index (χ4v) is 8.76. The molecule has 0 bridgehead atoms.